The first-order valence-electron chi connectivity index (χ1n) is 8.94. The van der Waals surface area contributed by atoms with Gasteiger partial charge in [0.25, 0.3) is 0 Å². The van der Waals surface area contributed by atoms with E-state index in [9.17, 15) is 13.2 Å². The summed E-state index contributed by atoms with van der Waals surface area (Å²) in [4.78, 5) is 12.9. The Kier molecular flexibility index (Phi) is 7.75. The summed E-state index contributed by atoms with van der Waals surface area (Å²) in [6.07, 6.45) is 1.37. The molecule has 0 saturated carbocycles. The van der Waals surface area contributed by atoms with E-state index in [1.54, 1.807) is 56.5 Å². The summed E-state index contributed by atoms with van der Waals surface area (Å²) < 4.78 is 36.5. The molecular weight excluding hydrogens is 416 g/mol. The van der Waals surface area contributed by atoms with Crippen molar-refractivity contribution >= 4 is 33.2 Å². The van der Waals surface area contributed by atoms with Crippen molar-refractivity contribution in [2.45, 2.75) is 25.9 Å². The zero-order chi connectivity index (χ0) is 21.6. The largest absolute Gasteiger partial charge is 0.493 e. The van der Waals surface area contributed by atoms with Gasteiger partial charge in [-0.15, -0.1) is 0 Å². The predicted molar refractivity (Wildman–Crippen MR) is 114 cm³/mol. The zero-order valence-corrected chi connectivity index (χ0v) is 18.4. The molecule has 0 aliphatic heterocycles. The van der Waals surface area contributed by atoms with Crippen molar-refractivity contribution in [3.63, 3.8) is 0 Å². The average Bonchev–Trinajstić information content (AvgIpc) is 2.69. The number of ether oxygens (including phenoxy) is 2. The Hall–Kier alpha value is -2.45. The van der Waals surface area contributed by atoms with E-state index in [1.807, 2.05) is 0 Å². The maximum atomic E-state index is 12.9. The SMILES string of the molecule is CCC(C(=O)NCc1ccc(OC)c(OC)c1)N(c1ccc(Cl)cc1)S(C)(=O)=O. The van der Waals surface area contributed by atoms with E-state index in [0.717, 1.165) is 16.1 Å². The van der Waals surface area contributed by atoms with Crippen LogP contribution in [0.2, 0.25) is 5.02 Å². The Labute approximate surface area is 176 Å². The lowest BCUT2D eigenvalue weighted by Crippen LogP contribution is -2.49. The molecule has 0 bridgehead atoms. The number of amides is 1. The van der Waals surface area contributed by atoms with Gasteiger partial charge in [0.1, 0.15) is 6.04 Å². The van der Waals surface area contributed by atoms with Crippen LogP contribution in [0.4, 0.5) is 5.69 Å². The van der Waals surface area contributed by atoms with E-state index in [2.05, 4.69) is 5.32 Å². The summed E-state index contributed by atoms with van der Waals surface area (Å²) in [6, 6.07) is 10.7. The Balaban J connectivity index is 2.22. The van der Waals surface area contributed by atoms with Gasteiger partial charge in [-0.25, -0.2) is 8.42 Å². The summed E-state index contributed by atoms with van der Waals surface area (Å²) in [5.41, 5.74) is 1.17. The fraction of sp³-hybridized carbons (Fsp3) is 0.350. The van der Waals surface area contributed by atoms with E-state index in [0.29, 0.717) is 28.6 Å². The Morgan fingerprint density at radius 1 is 1.10 bits per heavy atom. The van der Waals surface area contributed by atoms with E-state index < -0.39 is 22.0 Å². The number of benzene rings is 2. The van der Waals surface area contributed by atoms with Gasteiger partial charge in [0.2, 0.25) is 15.9 Å². The summed E-state index contributed by atoms with van der Waals surface area (Å²) >= 11 is 5.90. The Bertz CT molecular complexity index is 948. The third-order valence-corrected chi connectivity index (χ3v) is 5.76. The molecule has 29 heavy (non-hydrogen) atoms. The number of halogens is 1. The quantitative estimate of drug-likeness (QED) is 0.647. The Morgan fingerprint density at radius 2 is 1.72 bits per heavy atom. The second-order valence-corrected chi connectivity index (χ2v) is 8.66. The average molecular weight is 441 g/mol. The molecule has 9 heteroatoms. The first kappa shape index (κ1) is 22.8. The molecular formula is C20H25ClN2O5S. The van der Waals surface area contributed by atoms with Gasteiger partial charge < -0.3 is 14.8 Å². The van der Waals surface area contributed by atoms with E-state index in [-0.39, 0.29) is 6.54 Å². The van der Waals surface area contributed by atoms with Crippen molar-refractivity contribution in [3.8, 4) is 11.5 Å². The maximum Gasteiger partial charge on any atom is 0.244 e. The van der Waals surface area contributed by atoms with Gasteiger partial charge >= 0.3 is 0 Å². The second kappa shape index (κ2) is 9.84. The molecule has 1 atom stereocenters. The summed E-state index contributed by atoms with van der Waals surface area (Å²) in [5.74, 6) is 0.730. The van der Waals surface area contributed by atoms with Crippen LogP contribution in [0, 0.1) is 0 Å². The van der Waals surface area contributed by atoms with Gasteiger partial charge in [-0.05, 0) is 48.4 Å². The van der Waals surface area contributed by atoms with Crippen molar-refractivity contribution in [2.24, 2.45) is 0 Å². The third-order valence-electron chi connectivity index (χ3n) is 4.33. The first-order chi connectivity index (χ1) is 13.7. The number of carbonyl (C=O) groups is 1. The van der Waals surface area contributed by atoms with Crippen LogP contribution in [0.25, 0.3) is 0 Å². The van der Waals surface area contributed by atoms with Crippen LogP contribution < -0.4 is 19.1 Å². The molecule has 0 radical (unpaired) electrons. The number of anilines is 1. The van der Waals surface area contributed by atoms with E-state index in [4.69, 9.17) is 21.1 Å². The maximum absolute atomic E-state index is 12.9. The molecule has 158 valence electrons. The van der Waals surface area contributed by atoms with E-state index >= 15 is 0 Å². The standard InChI is InChI=1S/C20H25ClN2O5S/c1-5-17(23(29(4,25)26)16-9-7-15(21)8-10-16)20(24)22-13-14-6-11-18(27-2)19(12-14)28-3/h6-12,17H,5,13H2,1-4H3,(H,22,24). The minimum Gasteiger partial charge on any atom is -0.493 e. The van der Waals surface area contributed by atoms with Crippen molar-refractivity contribution in [3.05, 3.63) is 53.1 Å². The molecule has 2 rings (SSSR count). The van der Waals surface area contributed by atoms with Crippen LogP contribution >= 0.6 is 11.6 Å². The van der Waals surface area contributed by atoms with Gasteiger partial charge in [0, 0.05) is 11.6 Å². The highest BCUT2D eigenvalue weighted by molar-refractivity contribution is 7.92. The minimum atomic E-state index is -3.70. The molecule has 1 N–H and O–H groups in total. The number of hydrogen-bond donors (Lipinski definition) is 1. The molecule has 1 amide bonds. The van der Waals surface area contributed by atoms with Crippen molar-refractivity contribution < 1.29 is 22.7 Å². The summed E-state index contributed by atoms with van der Waals surface area (Å²) in [7, 11) is -0.622. The number of nitrogens with one attached hydrogen (secondary N) is 1. The van der Waals surface area contributed by atoms with Crippen molar-refractivity contribution in [1.82, 2.24) is 5.32 Å². The van der Waals surface area contributed by atoms with Gasteiger partial charge in [0.05, 0.1) is 26.2 Å². The minimum absolute atomic E-state index is 0.216. The fourth-order valence-corrected chi connectivity index (χ4v) is 4.28. The lowest BCUT2D eigenvalue weighted by Gasteiger charge is -2.30. The Morgan fingerprint density at radius 3 is 2.24 bits per heavy atom. The lowest BCUT2D eigenvalue weighted by atomic mass is 10.1. The van der Waals surface area contributed by atoms with Crippen LogP contribution in [0.5, 0.6) is 11.5 Å². The number of carbonyl (C=O) groups excluding carboxylic acids is 1. The smallest absolute Gasteiger partial charge is 0.244 e. The van der Waals surface area contributed by atoms with Crippen LogP contribution in [-0.4, -0.2) is 40.8 Å². The molecule has 0 fully saturated rings. The molecule has 0 aromatic heterocycles. The second-order valence-electron chi connectivity index (χ2n) is 6.37. The molecule has 0 aliphatic carbocycles. The molecule has 0 saturated heterocycles. The number of sulfonamides is 1. The third kappa shape index (κ3) is 5.77. The number of methoxy groups -OCH3 is 2. The van der Waals surface area contributed by atoms with Crippen molar-refractivity contribution in [1.29, 1.82) is 0 Å². The first-order valence-corrected chi connectivity index (χ1v) is 11.2. The molecule has 0 spiro atoms. The molecule has 2 aromatic carbocycles. The van der Waals surface area contributed by atoms with Crippen LogP contribution in [-0.2, 0) is 21.4 Å². The highest BCUT2D eigenvalue weighted by Crippen LogP contribution is 2.28. The van der Waals surface area contributed by atoms with Crippen LogP contribution in [0.15, 0.2) is 42.5 Å². The number of nitrogens with zero attached hydrogens (tertiary/aromatic N) is 1. The van der Waals surface area contributed by atoms with Gasteiger partial charge in [0.15, 0.2) is 11.5 Å². The molecule has 0 aliphatic rings. The number of hydrogen-bond acceptors (Lipinski definition) is 5. The molecule has 7 nitrogen and oxygen atoms in total. The number of rotatable bonds is 9. The van der Waals surface area contributed by atoms with E-state index in [1.165, 1.54) is 7.11 Å². The van der Waals surface area contributed by atoms with Gasteiger partial charge in [-0.3, -0.25) is 9.10 Å². The lowest BCUT2D eigenvalue weighted by molar-refractivity contribution is -0.122. The summed E-state index contributed by atoms with van der Waals surface area (Å²) in [6.45, 7) is 1.97. The van der Waals surface area contributed by atoms with Crippen LogP contribution in [0.1, 0.15) is 18.9 Å². The predicted octanol–water partition coefficient (Wildman–Crippen LogP) is 3.22. The van der Waals surface area contributed by atoms with Crippen molar-refractivity contribution in [2.75, 3.05) is 24.8 Å². The fourth-order valence-electron chi connectivity index (χ4n) is 2.95. The highest BCUT2D eigenvalue weighted by atomic mass is 35.5. The molecule has 2 aromatic rings. The zero-order valence-electron chi connectivity index (χ0n) is 16.8. The molecule has 1 unspecified atom stereocenters. The van der Waals surface area contributed by atoms with Crippen LogP contribution in [0.3, 0.4) is 0 Å². The molecule has 0 heterocycles. The van der Waals surface area contributed by atoms with Gasteiger partial charge in [-0.2, -0.15) is 0 Å². The van der Waals surface area contributed by atoms with Gasteiger partial charge in [-0.1, -0.05) is 24.6 Å². The highest BCUT2D eigenvalue weighted by Gasteiger charge is 2.31. The normalized spacial score (nSPS) is 12.2. The topological polar surface area (TPSA) is 84.9 Å². The monoisotopic (exact) mass is 440 g/mol. The summed E-state index contributed by atoms with van der Waals surface area (Å²) in [5, 5.41) is 3.28.